The first-order valence-corrected chi connectivity index (χ1v) is 6.05. The summed E-state index contributed by atoms with van der Waals surface area (Å²) in [5, 5.41) is 3.22. The molecule has 1 N–H and O–H groups in total. The molecule has 0 spiro atoms. The maximum absolute atomic E-state index is 12.7. The highest BCUT2D eigenvalue weighted by Crippen LogP contribution is 2.11. The van der Waals surface area contributed by atoms with Crippen molar-refractivity contribution in [2.24, 2.45) is 0 Å². The minimum absolute atomic E-state index is 0.00400. The summed E-state index contributed by atoms with van der Waals surface area (Å²) in [6.07, 6.45) is 0. The fourth-order valence-corrected chi connectivity index (χ4v) is 1.97. The van der Waals surface area contributed by atoms with Crippen molar-refractivity contribution in [1.82, 2.24) is 10.2 Å². The number of nitrogens with zero attached hydrogens (tertiary/aromatic N) is 1. The highest BCUT2D eigenvalue weighted by atomic mass is 19.1. The lowest BCUT2D eigenvalue weighted by molar-refractivity contribution is -0.136. The van der Waals surface area contributed by atoms with E-state index < -0.39 is 0 Å². The van der Waals surface area contributed by atoms with E-state index in [-0.39, 0.29) is 24.4 Å². The van der Waals surface area contributed by atoms with Crippen molar-refractivity contribution in [2.75, 3.05) is 26.2 Å². The molecule has 0 aliphatic carbocycles. The molecule has 4 nitrogen and oxygen atoms in total. The monoisotopic (exact) mass is 252 g/mol. The van der Waals surface area contributed by atoms with Gasteiger partial charge in [-0.15, -0.1) is 0 Å². The molecule has 1 amide bonds. The quantitative estimate of drug-likeness (QED) is 0.873. The molecule has 1 unspecified atom stereocenters. The number of halogens is 1. The fourth-order valence-electron chi connectivity index (χ4n) is 1.97. The van der Waals surface area contributed by atoms with Gasteiger partial charge in [0.25, 0.3) is 5.91 Å². The van der Waals surface area contributed by atoms with Crippen LogP contribution in [-0.4, -0.2) is 43.1 Å². The van der Waals surface area contributed by atoms with Crippen LogP contribution in [-0.2, 0) is 4.79 Å². The van der Waals surface area contributed by atoms with Crippen LogP contribution in [0.25, 0.3) is 0 Å². The number of piperazine rings is 1. The lowest BCUT2D eigenvalue weighted by atomic mass is 10.2. The van der Waals surface area contributed by atoms with E-state index >= 15 is 0 Å². The minimum atomic E-state index is -0.315. The standard InChI is InChI=1S/C13H17FN2O2/c1-10-8-15-6-7-16(10)13(17)9-18-12-4-2-11(14)3-5-12/h2-5,10,15H,6-9H2,1H3. The van der Waals surface area contributed by atoms with Gasteiger partial charge in [-0.2, -0.15) is 0 Å². The van der Waals surface area contributed by atoms with E-state index in [0.29, 0.717) is 12.3 Å². The molecule has 0 radical (unpaired) electrons. The van der Waals surface area contributed by atoms with Crippen LogP contribution in [0.4, 0.5) is 4.39 Å². The molecule has 1 aromatic rings. The lowest BCUT2D eigenvalue weighted by Gasteiger charge is -2.33. The van der Waals surface area contributed by atoms with E-state index in [2.05, 4.69) is 5.32 Å². The van der Waals surface area contributed by atoms with Crippen LogP contribution in [0.1, 0.15) is 6.92 Å². The van der Waals surface area contributed by atoms with E-state index in [1.165, 1.54) is 24.3 Å². The lowest BCUT2D eigenvalue weighted by Crippen LogP contribution is -2.53. The summed E-state index contributed by atoms with van der Waals surface area (Å²) in [5.41, 5.74) is 0. The highest BCUT2D eigenvalue weighted by molar-refractivity contribution is 5.78. The first kappa shape index (κ1) is 12.8. The third-order valence-corrected chi connectivity index (χ3v) is 3.00. The van der Waals surface area contributed by atoms with Gasteiger partial charge >= 0.3 is 0 Å². The molecule has 0 bridgehead atoms. The summed E-state index contributed by atoms with van der Waals surface area (Å²) in [4.78, 5) is 13.8. The van der Waals surface area contributed by atoms with Gasteiger partial charge in [0.2, 0.25) is 0 Å². The van der Waals surface area contributed by atoms with Crippen LogP contribution < -0.4 is 10.1 Å². The van der Waals surface area contributed by atoms with Crippen LogP contribution >= 0.6 is 0 Å². The molecule has 1 aromatic carbocycles. The zero-order chi connectivity index (χ0) is 13.0. The zero-order valence-corrected chi connectivity index (χ0v) is 10.4. The Bertz CT molecular complexity index is 408. The third-order valence-electron chi connectivity index (χ3n) is 3.00. The number of hydrogen-bond acceptors (Lipinski definition) is 3. The summed E-state index contributed by atoms with van der Waals surface area (Å²) in [7, 11) is 0. The third kappa shape index (κ3) is 3.20. The summed E-state index contributed by atoms with van der Waals surface area (Å²) >= 11 is 0. The number of nitrogens with one attached hydrogen (secondary N) is 1. The Kier molecular flexibility index (Phi) is 4.15. The second kappa shape index (κ2) is 5.82. The number of hydrogen-bond donors (Lipinski definition) is 1. The normalized spacial score (nSPS) is 19.7. The van der Waals surface area contributed by atoms with Gasteiger partial charge in [-0.3, -0.25) is 4.79 Å². The van der Waals surface area contributed by atoms with Crippen LogP contribution in [0.2, 0.25) is 0 Å². The molecule has 1 aliphatic rings. The molecule has 18 heavy (non-hydrogen) atoms. The van der Waals surface area contributed by atoms with E-state index in [0.717, 1.165) is 13.1 Å². The van der Waals surface area contributed by atoms with Crippen molar-refractivity contribution in [2.45, 2.75) is 13.0 Å². The average Bonchev–Trinajstić information content (AvgIpc) is 2.38. The summed E-state index contributed by atoms with van der Waals surface area (Å²) in [5.74, 6) is 0.158. The fraction of sp³-hybridized carbons (Fsp3) is 0.462. The summed E-state index contributed by atoms with van der Waals surface area (Å²) in [6.45, 7) is 4.32. The molecular formula is C13H17FN2O2. The maximum atomic E-state index is 12.7. The molecule has 1 aliphatic heterocycles. The number of rotatable bonds is 3. The van der Waals surface area contributed by atoms with Crippen molar-refractivity contribution in [3.8, 4) is 5.75 Å². The van der Waals surface area contributed by atoms with Crippen molar-refractivity contribution in [3.63, 3.8) is 0 Å². The largest absolute Gasteiger partial charge is 0.484 e. The molecule has 1 fully saturated rings. The zero-order valence-electron chi connectivity index (χ0n) is 10.4. The van der Waals surface area contributed by atoms with Gasteiger partial charge in [-0.25, -0.2) is 4.39 Å². The van der Waals surface area contributed by atoms with Crippen molar-refractivity contribution in [3.05, 3.63) is 30.1 Å². The Morgan fingerprint density at radius 1 is 1.50 bits per heavy atom. The number of amides is 1. The molecule has 5 heteroatoms. The molecule has 1 saturated heterocycles. The van der Waals surface area contributed by atoms with E-state index in [4.69, 9.17) is 4.74 Å². The van der Waals surface area contributed by atoms with Gasteiger partial charge in [0.05, 0.1) is 0 Å². The SMILES string of the molecule is CC1CNCCN1C(=O)COc1ccc(F)cc1. The van der Waals surface area contributed by atoms with Gasteiger partial charge in [0.15, 0.2) is 6.61 Å². The highest BCUT2D eigenvalue weighted by Gasteiger charge is 2.22. The minimum Gasteiger partial charge on any atom is -0.484 e. The van der Waals surface area contributed by atoms with Crippen LogP contribution in [0.3, 0.4) is 0 Å². The Hall–Kier alpha value is -1.62. The Morgan fingerprint density at radius 2 is 2.22 bits per heavy atom. The summed E-state index contributed by atoms with van der Waals surface area (Å²) < 4.78 is 18.0. The number of carbonyl (C=O) groups excluding carboxylic acids is 1. The van der Waals surface area contributed by atoms with Crippen molar-refractivity contribution < 1.29 is 13.9 Å². The van der Waals surface area contributed by atoms with E-state index in [1.807, 2.05) is 6.92 Å². The first-order valence-electron chi connectivity index (χ1n) is 6.05. The van der Waals surface area contributed by atoms with Gasteiger partial charge in [0.1, 0.15) is 11.6 Å². The number of benzene rings is 1. The van der Waals surface area contributed by atoms with Crippen LogP contribution in [0.15, 0.2) is 24.3 Å². The number of carbonyl (C=O) groups is 1. The Balaban J connectivity index is 1.85. The van der Waals surface area contributed by atoms with E-state index in [9.17, 15) is 9.18 Å². The molecule has 2 rings (SSSR count). The average molecular weight is 252 g/mol. The Labute approximate surface area is 106 Å². The predicted molar refractivity (Wildman–Crippen MR) is 65.9 cm³/mol. The summed E-state index contributed by atoms with van der Waals surface area (Å²) in [6, 6.07) is 5.84. The smallest absolute Gasteiger partial charge is 0.260 e. The van der Waals surface area contributed by atoms with Gasteiger partial charge < -0.3 is 15.0 Å². The van der Waals surface area contributed by atoms with Crippen molar-refractivity contribution >= 4 is 5.91 Å². The van der Waals surface area contributed by atoms with Crippen LogP contribution in [0, 0.1) is 5.82 Å². The van der Waals surface area contributed by atoms with Gasteiger partial charge in [-0.1, -0.05) is 0 Å². The number of ether oxygens (including phenoxy) is 1. The van der Waals surface area contributed by atoms with E-state index in [1.54, 1.807) is 4.90 Å². The van der Waals surface area contributed by atoms with Gasteiger partial charge in [0, 0.05) is 25.7 Å². The van der Waals surface area contributed by atoms with Crippen molar-refractivity contribution in [1.29, 1.82) is 0 Å². The Morgan fingerprint density at radius 3 is 2.89 bits per heavy atom. The molecule has 1 heterocycles. The molecule has 0 aromatic heterocycles. The molecule has 0 saturated carbocycles. The topological polar surface area (TPSA) is 41.6 Å². The first-order chi connectivity index (χ1) is 8.66. The second-order valence-electron chi connectivity index (χ2n) is 4.38. The predicted octanol–water partition coefficient (Wildman–Crippen LogP) is 1.02. The molecule has 1 atom stereocenters. The van der Waals surface area contributed by atoms with Gasteiger partial charge in [-0.05, 0) is 31.2 Å². The molecule has 98 valence electrons. The van der Waals surface area contributed by atoms with Crippen LogP contribution in [0.5, 0.6) is 5.75 Å². The maximum Gasteiger partial charge on any atom is 0.260 e. The second-order valence-corrected chi connectivity index (χ2v) is 4.38. The molecular weight excluding hydrogens is 235 g/mol.